The first-order valence-corrected chi connectivity index (χ1v) is 2.71. The number of hydrogen-bond acceptors (Lipinski definition) is 2. The molecule has 0 fully saturated rings. The summed E-state index contributed by atoms with van der Waals surface area (Å²) in [5, 5.41) is -0.0116. The monoisotopic (exact) mass is 174 g/mol. The summed E-state index contributed by atoms with van der Waals surface area (Å²) in [6.45, 7) is 0. The molecular formula is C6H7ClO2Si. The molecule has 10 heavy (non-hydrogen) atoms. The summed E-state index contributed by atoms with van der Waals surface area (Å²) in [6, 6.07) is 0. The molecule has 0 bridgehead atoms. The minimum absolute atomic E-state index is 0. The summed E-state index contributed by atoms with van der Waals surface area (Å²) in [5.74, 6) is -0.545. The second kappa shape index (κ2) is 3.48. The van der Waals surface area contributed by atoms with E-state index in [9.17, 15) is 9.59 Å². The van der Waals surface area contributed by atoms with E-state index in [0.717, 1.165) is 12.2 Å². The van der Waals surface area contributed by atoms with Crippen molar-refractivity contribution in [1.82, 2.24) is 0 Å². The van der Waals surface area contributed by atoms with Gasteiger partial charge in [-0.2, -0.15) is 0 Å². The van der Waals surface area contributed by atoms with E-state index in [1.807, 2.05) is 0 Å². The number of carbonyl (C=O) groups excluding carboxylic acids is 2. The Morgan fingerprint density at radius 1 is 1.20 bits per heavy atom. The molecule has 4 heteroatoms. The van der Waals surface area contributed by atoms with Crippen molar-refractivity contribution < 1.29 is 9.59 Å². The zero-order valence-electron chi connectivity index (χ0n) is 4.43. The number of rotatable bonds is 0. The van der Waals surface area contributed by atoms with Crippen molar-refractivity contribution in [2.24, 2.45) is 0 Å². The molecule has 0 N–H and O–H groups in total. The van der Waals surface area contributed by atoms with Crippen molar-refractivity contribution in [3.63, 3.8) is 0 Å². The van der Waals surface area contributed by atoms with Gasteiger partial charge in [0.15, 0.2) is 11.6 Å². The van der Waals surface area contributed by atoms with E-state index in [1.54, 1.807) is 0 Å². The number of carbonyl (C=O) groups is 2. The third-order valence-corrected chi connectivity index (χ3v) is 1.20. The lowest BCUT2D eigenvalue weighted by Crippen LogP contribution is -2.02. The predicted octanol–water partition coefficient (Wildman–Crippen LogP) is -0.635. The van der Waals surface area contributed by atoms with Gasteiger partial charge in [-0.15, -0.1) is 0 Å². The summed E-state index contributed by atoms with van der Waals surface area (Å²) in [4.78, 5) is 20.9. The molecule has 2 nitrogen and oxygen atoms in total. The lowest BCUT2D eigenvalue weighted by molar-refractivity contribution is -0.114. The molecule has 0 aromatic carbocycles. The fourth-order valence-electron chi connectivity index (χ4n) is 0.482. The summed E-state index contributed by atoms with van der Waals surface area (Å²) in [6.07, 6.45) is 3.45. The van der Waals surface area contributed by atoms with Gasteiger partial charge in [0.1, 0.15) is 0 Å². The third kappa shape index (κ3) is 1.93. The summed E-state index contributed by atoms with van der Waals surface area (Å²) < 4.78 is 0. The van der Waals surface area contributed by atoms with Gasteiger partial charge in [-0.05, 0) is 23.1 Å². The van der Waals surface area contributed by atoms with Gasteiger partial charge in [-0.25, -0.2) is 0 Å². The van der Waals surface area contributed by atoms with Crippen LogP contribution in [0.3, 0.4) is 0 Å². The maximum atomic E-state index is 10.5. The Labute approximate surface area is 67.6 Å². The number of ketones is 2. The second-order valence-electron chi connectivity index (χ2n) is 1.59. The number of allylic oxidation sites excluding steroid dienone is 4. The highest BCUT2D eigenvalue weighted by molar-refractivity contribution is 6.47. The highest BCUT2D eigenvalue weighted by atomic mass is 35.5. The molecule has 0 aliphatic heterocycles. The van der Waals surface area contributed by atoms with Gasteiger partial charge < -0.3 is 0 Å². The van der Waals surface area contributed by atoms with Crippen LogP contribution in [0.25, 0.3) is 0 Å². The van der Waals surface area contributed by atoms with Gasteiger partial charge in [0.2, 0.25) is 0 Å². The summed E-state index contributed by atoms with van der Waals surface area (Å²) in [7, 11) is 0. The number of hydrogen-bond donors (Lipinski definition) is 0. The SMILES string of the molecule is O=C1C=CC(=O)C(Cl)=C1.[SiH4]. The van der Waals surface area contributed by atoms with E-state index in [2.05, 4.69) is 0 Å². The van der Waals surface area contributed by atoms with Gasteiger partial charge in [0.25, 0.3) is 0 Å². The fraction of sp³-hybridized carbons (Fsp3) is 0. The largest absolute Gasteiger partial charge is 0.290 e. The molecule has 0 heterocycles. The first-order chi connectivity index (χ1) is 4.20. The Balaban J connectivity index is 0.000000810. The second-order valence-corrected chi connectivity index (χ2v) is 2.00. The predicted molar refractivity (Wildman–Crippen MR) is 44.4 cm³/mol. The Morgan fingerprint density at radius 3 is 2.20 bits per heavy atom. The van der Waals surface area contributed by atoms with E-state index in [4.69, 9.17) is 11.6 Å². The van der Waals surface area contributed by atoms with Crippen molar-refractivity contribution in [1.29, 1.82) is 0 Å². The zero-order chi connectivity index (χ0) is 6.85. The highest BCUT2D eigenvalue weighted by Crippen LogP contribution is 2.08. The molecule has 0 atom stereocenters. The quantitative estimate of drug-likeness (QED) is 0.362. The smallest absolute Gasteiger partial charge is 0.197 e. The van der Waals surface area contributed by atoms with E-state index < -0.39 is 0 Å². The van der Waals surface area contributed by atoms with Crippen LogP contribution in [0.15, 0.2) is 23.3 Å². The molecule has 0 spiro atoms. The summed E-state index contributed by atoms with van der Waals surface area (Å²) >= 11 is 5.30. The fourth-order valence-corrected chi connectivity index (χ4v) is 0.652. The first kappa shape index (κ1) is 9.33. The zero-order valence-corrected chi connectivity index (χ0v) is 5.18. The standard InChI is InChI=1S/C6H3ClO2.H4Si/c7-5-3-4(8)1-2-6(5)9;/h1-3H;1H4. The summed E-state index contributed by atoms with van der Waals surface area (Å²) in [5.41, 5.74) is 0. The van der Waals surface area contributed by atoms with Gasteiger partial charge in [-0.1, -0.05) is 11.6 Å². The highest BCUT2D eigenvalue weighted by Gasteiger charge is 2.08. The van der Waals surface area contributed by atoms with Crippen LogP contribution in [0.4, 0.5) is 0 Å². The Hall–Kier alpha value is -0.673. The Kier molecular flexibility index (Phi) is 3.25. The van der Waals surface area contributed by atoms with E-state index in [0.29, 0.717) is 0 Å². The topological polar surface area (TPSA) is 34.1 Å². The van der Waals surface area contributed by atoms with Crippen LogP contribution in [-0.2, 0) is 9.59 Å². The number of halogens is 1. The van der Waals surface area contributed by atoms with Crippen molar-refractivity contribution in [2.75, 3.05) is 0 Å². The molecule has 54 valence electrons. The normalized spacial score (nSPS) is 16.3. The van der Waals surface area contributed by atoms with Crippen LogP contribution < -0.4 is 0 Å². The Morgan fingerprint density at radius 2 is 1.80 bits per heavy atom. The van der Waals surface area contributed by atoms with Gasteiger partial charge in [0, 0.05) is 6.08 Å². The molecule has 0 saturated heterocycles. The van der Waals surface area contributed by atoms with Crippen molar-refractivity contribution in [2.45, 2.75) is 0 Å². The van der Waals surface area contributed by atoms with Crippen LogP contribution in [0.1, 0.15) is 0 Å². The van der Waals surface area contributed by atoms with Crippen LogP contribution in [0.2, 0.25) is 0 Å². The molecule has 1 aliphatic rings. The third-order valence-electron chi connectivity index (χ3n) is 0.903. The van der Waals surface area contributed by atoms with Gasteiger partial charge in [0.05, 0.1) is 5.03 Å². The minimum Gasteiger partial charge on any atom is -0.290 e. The molecule has 1 aliphatic carbocycles. The molecule has 0 saturated carbocycles. The average Bonchev–Trinajstić information content (AvgIpc) is 1.80. The molecule has 0 unspecified atom stereocenters. The molecule has 0 aromatic rings. The molecule has 1 rings (SSSR count). The molecule has 0 amide bonds. The molecule has 0 radical (unpaired) electrons. The van der Waals surface area contributed by atoms with Crippen LogP contribution in [-0.4, -0.2) is 22.5 Å². The maximum Gasteiger partial charge on any atom is 0.197 e. The van der Waals surface area contributed by atoms with Crippen molar-refractivity contribution in [3.8, 4) is 0 Å². The lowest BCUT2D eigenvalue weighted by Gasteiger charge is -1.94. The van der Waals surface area contributed by atoms with Gasteiger partial charge >= 0.3 is 0 Å². The van der Waals surface area contributed by atoms with Gasteiger partial charge in [-0.3, -0.25) is 9.59 Å². The van der Waals surface area contributed by atoms with E-state index >= 15 is 0 Å². The Bertz CT molecular complexity index is 230. The first-order valence-electron chi connectivity index (χ1n) is 2.34. The minimum atomic E-state index is -0.309. The van der Waals surface area contributed by atoms with E-state index in [-0.39, 0.29) is 27.6 Å². The van der Waals surface area contributed by atoms with E-state index in [1.165, 1.54) is 6.08 Å². The van der Waals surface area contributed by atoms with Crippen molar-refractivity contribution >= 4 is 34.1 Å². The van der Waals surface area contributed by atoms with Crippen LogP contribution in [0.5, 0.6) is 0 Å². The lowest BCUT2D eigenvalue weighted by atomic mass is 10.2. The van der Waals surface area contributed by atoms with Crippen LogP contribution in [0, 0.1) is 0 Å². The molecular weight excluding hydrogens is 168 g/mol. The maximum absolute atomic E-state index is 10.5. The van der Waals surface area contributed by atoms with Crippen LogP contribution >= 0.6 is 11.6 Å². The molecule has 0 aromatic heterocycles. The van der Waals surface area contributed by atoms with Crippen molar-refractivity contribution in [3.05, 3.63) is 23.3 Å². The average molecular weight is 175 g/mol.